The SMILES string of the molecule is CC(C)NCc1ccc(-n2ccc(C3CC3)n2)c(Br)c1. The number of hydrogen-bond acceptors (Lipinski definition) is 2. The zero-order chi connectivity index (χ0) is 14.1. The highest BCUT2D eigenvalue weighted by atomic mass is 79.9. The number of benzene rings is 1. The first-order valence-corrected chi connectivity index (χ1v) is 8.00. The molecule has 1 saturated carbocycles. The summed E-state index contributed by atoms with van der Waals surface area (Å²) in [6, 6.07) is 9.10. The fraction of sp³-hybridized carbons (Fsp3) is 0.438. The number of rotatable bonds is 5. The lowest BCUT2D eigenvalue weighted by molar-refractivity contribution is 0.588. The van der Waals surface area contributed by atoms with E-state index in [-0.39, 0.29) is 0 Å². The van der Waals surface area contributed by atoms with Crippen molar-refractivity contribution >= 4 is 15.9 Å². The van der Waals surface area contributed by atoms with Crippen molar-refractivity contribution in [1.82, 2.24) is 15.1 Å². The van der Waals surface area contributed by atoms with Gasteiger partial charge >= 0.3 is 0 Å². The molecule has 0 spiro atoms. The average molecular weight is 334 g/mol. The molecule has 3 rings (SSSR count). The Bertz CT molecular complexity index is 600. The van der Waals surface area contributed by atoms with Crippen molar-refractivity contribution in [2.24, 2.45) is 0 Å². The first-order chi connectivity index (χ1) is 9.63. The summed E-state index contributed by atoms with van der Waals surface area (Å²) in [4.78, 5) is 0. The minimum atomic E-state index is 0.501. The second-order valence-electron chi connectivity index (χ2n) is 5.78. The molecule has 0 radical (unpaired) electrons. The van der Waals surface area contributed by atoms with Crippen molar-refractivity contribution in [2.75, 3.05) is 0 Å². The van der Waals surface area contributed by atoms with E-state index >= 15 is 0 Å². The molecule has 1 N–H and O–H groups in total. The van der Waals surface area contributed by atoms with Gasteiger partial charge in [0.15, 0.2) is 0 Å². The van der Waals surface area contributed by atoms with Gasteiger partial charge in [0.2, 0.25) is 0 Å². The molecule has 1 aromatic heterocycles. The standard InChI is InChI=1S/C16H20BrN3/c1-11(2)18-10-12-3-6-16(14(17)9-12)20-8-7-15(19-20)13-4-5-13/h3,6-9,11,13,18H,4-5,10H2,1-2H3. The first-order valence-electron chi connectivity index (χ1n) is 7.21. The van der Waals surface area contributed by atoms with Crippen LogP contribution in [0.15, 0.2) is 34.9 Å². The molecule has 1 aliphatic rings. The lowest BCUT2D eigenvalue weighted by Crippen LogP contribution is -2.21. The third-order valence-corrected chi connectivity index (χ3v) is 4.21. The van der Waals surface area contributed by atoms with Gasteiger partial charge < -0.3 is 5.32 Å². The molecule has 4 heteroatoms. The average Bonchev–Trinajstić information content (AvgIpc) is 3.15. The van der Waals surface area contributed by atoms with Crippen molar-refractivity contribution in [3.63, 3.8) is 0 Å². The monoisotopic (exact) mass is 333 g/mol. The van der Waals surface area contributed by atoms with E-state index in [2.05, 4.69) is 70.7 Å². The van der Waals surface area contributed by atoms with Gasteiger partial charge in [0.1, 0.15) is 0 Å². The van der Waals surface area contributed by atoms with Crippen LogP contribution in [0.5, 0.6) is 0 Å². The molecule has 0 bridgehead atoms. The number of nitrogens with one attached hydrogen (secondary N) is 1. The van der Waals surface area contributed by atoms with Crippen LogP contribution in [0.25, 0.3) is 5.69 Å². The van der Waals surface area contributed by atoms with Gasteiger partial charge in [-0.25, -0.2) is 4.68 Å². The zero-order valence-corrected chi connectivity index (χ0v) is 13.5. The normalized spacial score (nSPS) is 15.0. The molecule has 20 heavy (non-hydrogen) atoms. The van der Waals surface area contributed by atoms with Gasteiger partial charge in [-0.1, -0.05) is 19.9 Å². The largest absolute Gasteiger partial charge is 0.310 e. The molecule has 1 aromatic carbocycles. The third kappa shape index (κ3) is 3.13. The molecular weight excluding hydrogens is 314 g/mol. The predicted octanol–water partition coefficient (Wildman–Crippen LogP) is 4.01. The van der Waals surface area contributed by atoms with Crippen LogP contribution in [0, 0.1) is 0 Å². The van der Waals surface area contributed by atoms with Crippen molar-refractivity contribution in [2.45, 2.75) is 45.2 Å². The summed E-state index contributed by atoms with van der Waals surface area (Å²) >= 11 is 3.66. The topological polar surface area (TPSA) is 29.9 Å². The Morgan fingerprint density at radius 2 is 2.15 bits per heavy atom. The highest BCUT2D eigenvalue weighted by molar-refractivity contribution is 9.10. The summed E-state index contributed by atoms with van der Waals surface area (Å²) in [6.07, 6.45) is 4.63. The van der Waals surface area contributed by atoms with Crippen molar-refractivity contribution in [3.8, 4) is 5.69 Å². The molecule has 3 nitrogen and oxygen atoms in total. The Morgan fingerprint density at radius 3 is 2.80 bits per heavy atom. The van der Waals surface area contributed by atoms with Crippen LogP contribution in [0.4, 0.5) is 0 Å². The van der Waals surface area contributed by atoms with Gasteiger partial charge in [-0.15, -0.1) is 0 Å². The second-order valence-corrected chi connectivity index (χ2v) is 6.64. The highest BCUT2D eigenvalue weighted by Crippen LogP contribution is 2.39. The molecule has 0 amide bonds. The maximum absolute atomic E-state index is 4.68. The lowest BCUT2D eigenvalue weighted by atomic mass is 10.2. The lowest BCUT2D eigenvalue weighted by Gasteiger charge is -2.10. The van der Waals surface area contributed by atoms with Gasteiger partial charge in [-0.05, 0) is 52.5 Å². The van der Waals surface area contributed by atoms with Gasteiger partial charge in [0.25, 0.3) is 0 Å². The summed E-state index contributed by atoms with van der Waals surface area (Å²) in [5, 5.41) is 8.11. The van der Waals surface area contributed by atoms with Gasteiger partial charge in [0, 0.05) is 29.2 Å². The minimum absolute atomic E-state index is 0.501. The summed E-state index contributed by atoms with van der Waals surface area (Å²) in [6.45, 7) is 5.21. The van der Waals surface area contributed by atoms with Crippen molar-refractivity contribution in [3.05, 3.63) is 46.2 Å². The summed E-state index contributed by atoms with van der Waals surface area (Å²) in [7, 11) is 0. The van der Waals surface area contributed by atoms with E-state index in [0.717, 1.165) is 16.7 Å². The Labute approximate surface area is 128 Å². The first kappa shape index (κ1) is 13.8. The molecule has 106 valence electrons. The predicted molar refractivity (Wildman–Crippen MR) is 85.2 cm³/mol. The summed E-state index contributed by atoms with van der Waals surface area (Å²) in [5.74, 6) is 0.699. The highest BCUT2D eigenvalue weighted by Gasteiger charge is 2.26. The third-order valence-electron chi connectivity index (χ3n) is 3.58. The molecule has 0 saturated heterocycles. The quantitative estimate of drug-likeness (QED) is 0.895. The fourth-order valence-corrected chi connectivity index (χ4v) is 2.85. The van der Waals surface area contributed by atoms with E-state index in [1.807, 2.05) is 4.68 Å². The molecule has 1 fully saturated rings. The summed E-state index contributed by atoms with van der Waals surface area (Å²) < 4.78 is 3.06. The Hall–Kier alpha value is -1.13. The molecule has 1 aliphatic carbocycles. The van der Waals surface area contributed by atoms with Crippen LogP contribution in [0.3, 0.4) is 0 Å². The van der Waals surface area contributed by atoms with E-state index < -0.39 is 0 Å². The molecular formula is C16H20BrN3. The van der Waals surface area contributed by atoms with E-state index in [1.165, 1.54) is 24.1 Å². The van der Waals surface area contributed by atoms with Crippen LogP contribution < -0.4 is 5.32 Å². The minimum Gasteiger partial charge on any atom is -0.310 e. The van der Waals surface area contributed by atoms with Gasteiger partial charge in [-0.2, -0.15) is 5.10 Å². The van der Waals surface area contributed by atoms with Crippen molar-refractivity contribution < 1.29 is 0 Å². The summed E-state index contributed by atoms with van der Waals surface area (Å²) in [5.41, 5.74) is 3.61. The van der Waals surface area contributed by atoms with E-state index in [9.17, 15) is 0 Å². The van der Waals surface area contributed by atoms with Gasteiger partial charge in [0.05, 0.1) is 11.4 Å². The molecule has 0 atom stereocenters. The van der Waals surface area contributed by atoms with E-state index in [0.29, 0.717) is 12.0 Å². The second kappa shape index (κ2) is 5.70. The molecule has 0 aliphatic heterocycles. The molecule has 0 unspecified atom stereocenters. The maximum atomic E-state index is 4.68. The van der Waals surface area contributed by atoms with E-state index in [1.54, 1.807) is 0 Å². The van der Waals surface area contributed by atoms with Crippen LogP contribution in [-0.4, -0.2) is 15.8 Å². The van der Waals surface area contributed by atoms with Crippen LogP contribution in [-0.2, 0) is 6.54 Å². The maximum Gasteiger partial charge on any atom is 0.0787 e. The van der Waals surface area contributed by atoms with Crippen molar-refractivity contribution in [1.29, 1.82) is 0 Å². The number of aromatic nitrogens is 2. The Morgan fingerprint density at radius 1 is 1.35 bits per heavy atom. The van der Waals surface area contributed by atoms with Gasteiger partial charge in [-0.3, -0.25) is 0 Å². The molecule has 2 aromatic rings. The number of hydrogen-bond donors (Lipinski definition) is 1. The van der Waals surface area contributed by atoms with Crippen LogP contribution >= 0.6 is 15.9 Å². The number of nitrogens with zero attached hydrogens (tertiary/aromatic N) is 2. The fourth-order valence-electron chi connectivity index (χ4n) is 2.24. The van der Waals surface area contributed by atoms with E-state index in [4.69, 9.17) is 0 Å². The number of halogens is 1. The van der Waals surface area contributed by atoms with Crippen LogP contribution in [0.1, 0.15) is 43.9 Å². The van der Waals surface area contributed by atoms with Crippen LogP contribution in [0.2, 0.25) is 0 Å². The smallest absolute Gasteiger partial charge is 0.0787 e. The Kier molecular flexibility index (Phi) is 3.94. The molecule has 1 heterocycles. The zero-order valence-electron chi connectivity index (χ0n) is 11.9. The Balaban J connectivity index is 1.78.